The Labute approximate surface area is 549 Å². The standard InChI is InChI=1S/C27H41N5O2.C24H38N4O.C24H37N3O2/c1-31(2)27(34)28-20-8-9-23-22(15-20)25(30-32(23)21-6-4-3-5-7-21)26(33)29-24-18-11-16-10-17(13-18)14-19(24)12-16;1-23(2)15-11-12-24(3,14-15)22(23)26-21(29)20-18-13-16(25)9-10-19(18)28(27-20)17-7-5-4-6-8-17;1-23(2)15-11-12-24(3,14-15)22(23)25-21(29)20-18-13-17(28)9-10-19(18)27(26-20)16-7-5-4-6-8-16/h16-21,24H,3-15H2,1-2H3,(H,28,34)(H,29,33);15-17,22H,4-14,25H2,1-3H3,(H,26,29);15-17,22,28H,4-14H2,1-3H3,(H,25,29). The van der Waals surface area contributed by atoms with Crippen LogP contribution in [0.25, 0.3) is 0 Å². The molecule has 11 saturated carbocycles. The molecule has 0 spiro atoms. The van der Waals surface area contributed by atoms with Crippen LogP contribution in [0.5, 0.6) is 0 Å². The van der Waals surface area contributed by atoms with Crippen molar-refractivity contribution in [1.82, 2.24) is 55.5 Å². The molecule has 3 aromatic heterocycles. The van der Waals surface area contributed by atoms with Crippen LogP contribution in [0.1, 0.15) is 311 Å². The minimum absolute atomic E-state index is 0.0169. The first-order chi connectivity index (χ1) is 44.0. The fourth-order valence-corrected chi connectivity index (χ4v) is 22.9. The van der Waals surface area contributed by atoms with Gasteiger partial charge < -0.3 is 37.0 Å². The average molecular weight is 1270 g/mol. The monoisotopic (exact) mass is 1260 g/mol. The number of rotatable bonds is 10. The van der Waals surface area contributed by atoms with Gasteiger partial charge in [-0.3, -0.25) is 28.4 Å². The van der Waals surface area contributed by atoms with E-state index in [2.05, 4.69) is 76.9 Å². The van der Waals surface area contributed by atoms with Crippen LogP contribution in [0.3, 0.4) is 0 Å². The molecule has 7 N–H and O–H groups in total. The molecule has 0 radical (unpaired) electrons. The molecule has 17 heteroatoms. The van der Waals surface area contributed by atoms with Crippen LogP contribution in [0.15, 0.2) is 0 Å². The largest absolute Gasteiger partial charge is 0.393 e. The van der Waals surface area contributed by atoms with Crippen LogP contribution in [-0.2, 0) is 38.5 Å². The zero-order valence-electron chi connectivity index (χ0n) is 57.7. The second-order valence-corrected chi connectivity index (χ2v) is 34.8. The Balaban J connectivity index is 0.000000120. The lowest BCUT2D eigenvalue weighted by molar-refractivity contribution is -0.0120. The number of aliphatic hydroxyl groups is 1. The number of nitrogens with zero attached hydrogens (tertiary/aromatic N) is 7. The number of urea groups is 1. The summed E-state index contributed by atoms with van der Waals surface area (Å²) in [4.78, 5) is 54.7. The third-order valence-electron chi connectivity index (χ3n) is 27.7. The topological polar surface area (TPSA) is 219 Å². The first-order valence-corrected chi connectivity index (χ1v) is 37.7. The van der Waals surface area contributed by atoms with E-state index in [-0.39, 0.29) is 75.7 Å². The van der Waals surface area contributed by atoms with Gasteiger partial charge in [0.2, 0.25) is 0 Å². The summed E-state index contributed by atoms with van der Waals surface area (Å²) in [6, 6.07) is 2.19. The van der Waals surface area contributed by atoms with E-state index in [4.69, 9.17) is 21.0 Å². The molecule has 11 fully saturated rings. The van der Waals surface area contributed by atoms with Gasteiger partial charge in [0.25, 0.3) is 17.7 Å². The molecular weight excluding hydrogens is 1150 g/mol. The summed E-state index contributed by atoms with van der Waals surface area (Å²) in [6.45, 7) is 14.1. The van der Waals surface area contributed by atoms with Gasteiger partial charge in [-0.25, -0.2) is 4.79 Å². The third kappa shape index (κ3) is 12.0. The summed E-state index contributed by atoms with van der Waals surface area (Å²) in [5.41, 5.74) is 15.9. The average Bonchev–Trinajstić information content (AvgIpc) is 1.54. The maximum absolute atomic E-state index is 13.8. The molecule has 3 heterocycles. The van der Waals surface area contributed by atoms with Gasteiger partial charge in [0.05, 0.1) is 24.2 Å². The Hall–Kier alpha value is -4.77. The van der Waals surface area contributed by atoms with Gasteiger partial charge in [-0.15, -0.1) is 0 Å². The summed E-state index contributed by atoms with van der Waals surface area (Å²) >= 11 is 0. The van der Waals surface area contributed by atoms with E-state index >= 15 is 0 Å². The molecule has 17 nitrogen and oxygen atoms in total. The minimum Gasteiger partial charge on any atom is -0.393 e. The summed E-state index contributed by atoms with van der Waals surface area (Å²) < 4.78 is 6.65. The van der Waals surface area contributed by atoms with E-state index in [1.807, 2.05) is 0 Å². The first-order valence-electron chi connectivity index (χ1n) is 37.7. The number of carbonyl (C=O) groups excluding carboxylic acids is 4. The number of hydrogen-bond donors (Lipinski definition) is 6. The molecule has 14 aliphatic carbocycles. The number of nitrogens with two attached hydrogens (primary N) is 1. The van der Waals surface area contributed by atoms with Crippen LogP contribution in [0, 0.1) is 57.2 Å². The van der Waals surface area contributed by atoms with E-state index in [0.29, 0.717) is 71.8 Å². The van der Waals surface area contributed by atoms with Gasteiger partial charge in [-0.2, -0.15) is 15.3 Å². The molecule has 92 heavy (non-hydrogen) atoms. The van der Waals surface area contributed by atoms with Crippen molar-refractivity contribution in [2.24, 2.45) is 62.9 Å². The van der Waals surface area contributed by atoms with Crippen molar-refractivity contribution in [2.45, 2.75) is 321 Å². The van der Waals surface area contributed by atoms with E-state index in [9.17, 15) is 24.3 Å². The molecule has 9 unspecified atom stereocenters. The number of amides is 5. The highest BCUT2D eigenvalue weighted by Gasteiger charge is 2.61. The van der Waals surface area contributed by atoms with Crippen molar-refractivity contribution in [3.05, 3.63) is 50.9 Å². The smallest absolute Gasteiger partial charge is 0.317 e. The highest BCUT2D eigenvalue weighted by atomic mass is 16.3. The highest BCUT2D eigenvalue weighted by molar-refractivity contribution is 5.96. The lowest BCUT2D eigenvalue weighted by Crippen LogP contribution is -2.56. The number of aliphatic hydroxyl groups excluding tert-OH is 1. The maximum Gasteiger partial charge on any atom is 0.317 e. The number of aromatic nitrogens is 6. The zero-order chi connectivity index (χ0) is 64.2. The summed E-state index contributed by atoms with van der Waals surface area (Å²) in [5, 5.41) is 38.8. The third-order valence-corrected chi connectivity index (χ3v) is 27.7. The van der Waals surface area contributed by atoms with Crippen molar-refractivity contribution in [2.75, 3.05) is 14.1 Å². The van der Waals surface area contributed by atoms with Gasteiger partial charge in [-0.05, 0) is 218 Å². The second-order valence-electron chi connectivity index (χ2n) is 34.8. The summed E-state index contributed by atoms with van der Waals surface area (Å²) in [6.07, 6.45) is 39.7. The Bertz CT molecular complexity index is 3050. The number of nitrogens with one attached hydrogen (secondary N) is 4. The minimum atomic E-state index is -0.352. The molecular formula is C75H116N12O5. The highest BCUT2D eigenvalue weighted by Crippen LogP contribution is 2.64. The van der Waals surface area contributed by atoms with Gasteiger partial charge >= 0.3 is 6.03 Å². The molecule has 0 aliphatic heterocycles. The van der Waals surface area contributed by atoms with Crippen molar-refractivity contribution in [3.8, 4) is 0 Å². The molecule has 0 aromatic carbocycles. The van der Waals surface area contributed by atoms with Gasteiger partial charge in [0, 0.05) is 84.5 Å². The molecule has 506 valence electrons. The van der Waals surface area contributed by atoms with Crippen LogP contribution >= 0.6 is 0 Å². The molecule has 14 aliphatic rings. The molecule has 8 bridgehead atoms. The van der Waals surface area contributed by atoms with Crippen molar-refractivity contribution < 1.29 is 24.3 Å². The predicted molar refractivity (Wildman–Crippen MR) is 358 cm³/mol. The van der Waals surface area contributed by atoms with Crippen molar-refractivity contribution in [3.63, 3.8) is 0 Å². The molecule has 0 saturated heterocycles. The van der Waals surface area contributed by atoms with Gasteiger partial charge in [0.15, 0.2) is 17.1 Å². The molecule has 3 aromatic rings. The summed E-state index contributed by atoms with van der Waals surface area (Å²) in [7, 11) is 3.54. The van der Waals surface area contributed by atoms with E-state index in [1.54, 1.807) is 19.0 Å². The fraction of sp³-hybridized carbons (Fsp3) is 0.827. The van der Waals surface area contributed by atoms with Crippen LogP contribution in [0.2, 0.25) is 0 Å². The van der Waals surface area contributed by atoms with Crippen LogP contribution in [-0.4, -0.2) is 114 Å². The van der Waals surface area contributed by atoms with E-state index in [0.717, 1.165) is 105 Å². The van der Waals surface area contributed by atoms with Gasteiger partial charge in [-0.1, -0.05) is 99.3 Å². The lowest BCUT2D eigenvalue weighted by Gasteiger charge is -2.54. The Morgan fingerprint density at radius 1 is 0.489 bits per heavy atom. The zero-order valence-corrected chi connectivity index (χ0v) is 57.7. The number of fused-ring (bicyclic) bond motifs is 7. The quantitative estimate of drug-likeness (QED) is 0.114. The number of carbonyl (C=O) groups is 4. The van der Waals surface area contributed by atoms with Crippen molar-refractivity contribution >= 4 is 23.8 Å². The molecule has 9 atom stereocenters. The van der Waals surface area contributed by atoms with Crippen molar-refractivity contribution in [1.29, 1.82) is 0 Å². The van der Waals surface area contributed by atoms with Crippen LogP contribution < -0.4 is 27.0 Å². The normalized spacial score (nSPS) is 35.6. The van der Waals surface area contributed by atoms with Crippen LogP contribution in [0.4, 0.5) is 4.79 Å². The fourth-order valence-electron chi connectivity index (χ4n) is 22.9. The Morgan fingerprint density at radius 2 is 0.891 bits per heavy atom. The SMILES string of the molecule is CC12CCC(C1)C(C)(C)C2NC(=O)c1nn(C2CCCCC2)c2c1CC(N)CC2.CC12CCC(C1)C(C)(C)C2NC(=O)c1nn(C2CCCCC2)c2c1CC(O)CC2.CN(C)C(=O)NC1CCc2c(c(C(=O)NC3C4CC5CC(C4)CC3C5)nn2C2CCCCC2)C1. The van der Waals surface area contributed by atoms with E-state index < -0.39 is 0 Å². The first kappa shape index (κ1) is 64.6. The maximum atomic E-state index is 13.8. The Kier molecular flexibility index (Phi) is 17.8. The summed E-state index contributed by atoms with van der Waals surface area (Å²) in [5.74, 6) is 4.58. The predicted octanol–water partition coefficient (Wildman–Crippen LogP) is 12.4. The Morgan fingerprint density at radius 3 is 1.32 bits per heavy atom. The number of hydrogen-bond acceptors (Lipinski definition) is 9. The molecule has 17 rings (SSSR count). The molecule has 5 amide bonds. The van der Waals surface area contributed by atoms with E-state index in [1.165, 1.54) is 158 Å². The van der Waals surface area contributed by atoms with Gasteiger partial charge in [0.1, 0.15) is 0 Å². The second kappa shape index (κ2) is 25.3. The lowest BCUT2D eigenvalue weighted by atomic mass is 9.54.